The van der Waals surface area contributed by atoms with Crippen molar-refractivity contribution in [1.82, 2.24) is 0 Å². The molecule has 102 valence electrons. The number of carbonyl (C=O) groups is 1. The Hall–Kier alpha value is -1.71. The lowest BCUT2D eigenvalue weighted by Crippen LogP contribution is -2.03. The van der Waals surface area contributed by atoms with Gasteiger partial charge < -0.3 is 19.0 Å². The summed E-state index contributed by atoms with van der Waals surface area (Å²) in [7, 11) is 1.67. The molecule has 1 unspecified atom stereocenters. The zero-order valence-electron chi connectivity index (χ0n) is 11.3. The molecule has 0 saturated carbocycles. The van der Waals surface area contributed by atoms with Gasteiger partial charge in [-0.2, -0.15) is 0 Å². The van der Waals surface area contributed by atoms with Crippen LogP contribution in [0.5, 0.6) is 17.2 Å². The van der Waals surface area contributed by atoms with Gasteiger partial charge in [0.1, 0.15) is 12.0 Å². The Kier molecular flexibility index (Phi) is 3.09. The lowest BCUT2D eigenvalue weighted by Gasteiger charge is -2.19. The van der Waals surface area contributed by atoms with Crippen LogP contribution in [0.15, 0.2) is 0 Å². The maximum Gasteiger partial charge on any atom is 0.168 e. The number of hydrogen-bond acceptors (Lipinski definition) is 4. The molecule has 0 radical (unpaired) electrons. The molecule has 1 aromatic rings. The Balaban J connectivity index is 2.21. The van der Waals surface area contributed by atoms with E-state index in [0.29, 0.717) is 19.6 Å². The predicted octanol–water partition coefficient (Wildman–Crippen LogP) is 2.26. The molecule has 0 bridgehead atoms. The lowest BCUT2D eigenvalue weighted by molar-refractivity contribution is -0.108. The fraction of sp³-hybridized carbons (Fsp3) is 0.533. The van der Waals surface area contributed by atoms with Gasteiger partial charge >= 0.3 is 0 Å². The Morgan fingerprint density at radius 1 is 1.21 bits per heavy atom. The average molecular weight is 262 g/mol. The van der Waals surface area contributed by atoms with Crippen LogP contribution in [0.25, 0.3) is 0 Å². The second-order valence-corrected chi connectivity index (χ2v) is 5.06. The molecule has 3 rings (SSSR count). The van der Waals surface area contributed by atoms with Crippen LogP contribution in [0.1, 0.15) is 36.0 Å². The van der Waals surface area contributed by atoms with Crippen LogP contribution in [0.2, 0.25) is 0 Å². The Labute approximate surface area is 112 Å². The normalized spacial score (nSPS) is 17.2. The van der Waals surface area contributed by atoms with E-state index in [1.165, 1.54) is 0 Å². The van der Waals surface area contributed by atoms with Crippen LogP contribution >= 0.6 is 0 Å². The third kappa shape index (κ3) is 1.78. The van der Waals surface area contributed by atoms with E-state index < -0.39 is 0 Å². The van der Waals surface area contributed by atoms with Gasteiger partial charge in [0, 0.05) is 36.0 Å². The molecule has 0 fully saturated rings. The molecule has 0 aliphatic carbocycles. The number of fused-ring (bicyclic) bond motifs is 2. The average Bonchev–Trinajstić information content (AvgIpc) is 3.03. The van der Waals surface area contributed by atoms with E-state index in [-0.39, 0.29) is 5.92 Å². The topological polar surface area (TPSA) is 44.8 Å². The fourth-order valence-corrected chi connectivity index (χ4v) is 3.10. The van der Waals surface area contributed by atoms with Crippen molar-refractivity contribution in [1.29, 1.82) is 0 Å². The summed E-state index contributed by atoms with van der Waals surface area (Å²) < 4.78 is 17.1. The maximum atomic E-state index is 10.8. The molecule has 0 amide bonds. The van der Waals surface area contributed by atoms with Crippen LogP contribution in [0.4, 0.5) is 0 Å². The van der Waals surface area contributed by atoms with Gasteiger partial charge in [0.05, 0.1) is 20.3 Å². The van der Waals surface area contributed by atoms with Crippen molar-refractivity contribution >= 4 is 6.29 Å². The van der Waals surface area contributed by atoms with E-state index >= 15 is 0 Å². The molecule has 0 spiro atoms. The molecule has 0 aromatic heterocycles. The third-order valence-corrected chi connectivity index (χ3v) is 3.94. The van der Waals surface area contributed by atoms with Crippen molar-refractivity contribution in [3.8, 4) is 17.2 Å². The van der Waals surface area contributed by atoms with E-state index in [4.69, 9.17) is 14.2 Å². The monoisotopic (exact) mass is 262 g/mol. The number of aldehydes is 1. The highest BCUT2D eigenvalue weighted by Crippen LogP contribution is 2.51. The molecular weight excluding hydrogens is 244 g/mol. The minimum atomic E-state index is 0.158. The summed E-state index contributed by atoms with van der Waals surface area (Å²) in [5, 5.41) is 0. The second-order valence-electron chi connectivity index (χ2n) is 5.06. The minimum absolute atomic E-state index is 0.158. The predicted molar refractivity (Wildman–Crippen MR) is 70.5 cm³/mol. The highest BCUT2D eigenvalue weighted by molar-refractivity contribution is 5.67. The highest BCUT2D eigenvalue weighted by atomic mass is 16.5. The van der Waals surface area contributed by atoms with Crippen molar-refractivity contribution in [3.63, 3.8) is 0 Å². The van der Waals surface area contributed by atoms with Gasteiger partial charge in [-0.25, -0.2) is 0 Å². The summed E-state index contributed by atoms with van der Waals surface area (Å²) in [6, 6.07) is 0. The minimum Gasteiger partial charge on any atom is -0.492 e. The van der Waals surface area contributed by atoms with Gasteiger partial charge in [0.25, 0.3) is 0 Å². The summed E-state index contributed by atoms with van der Waals surface area (Å²) in [6.45, 7) is 3.42. The first-order valence-corrected chi connectivity index (χ1v) is 6.72. The summed E-state index contributed by atoms with van der Waals surface area (Å²) in [6.07, 6.45) is 3.18. The summed E-state index contributed by atoms with van der Waals surface area (Å²) >= 11 is 0. The number of benzene rings is 1. The largest absolute Gasteiger partial charge is 0.492 e. The number of rotatable bonds is 4. The first-order valence-electron chi connectivity index (χ1n) is 6.72. The van der Waals surface area contributed by atoms with Crippen LogP contribution in [0, 0.1) is 0 Å². The highest BCUT2D eigenvalue weighted by Gasteiger charge is 2.33. The molecule has 2 aliphatic heterocycles. The Bertz CT molecular complexity index is 486. The fourth-order valence-electron chi connectivity index (χ4n) is 3.10. The molecule has 4 nitrogen and oxygen atoms in total. The van der Waals surface area contributed by atoms with Crippen molar-refractivity contribution in [3.05, 3.63) is 16.7 Å². The molecule has 4 heteroatoms. The number of hydrogen-bond donors (Lipinski definition) is 0. The summed E-state index contributed by atoms with van der Waals surface area (Å²) in [5.74, 6) is 2.77. The molecule has 0 saturated heterocycles. The SMILES string of the molecule is COc1c2c(c(C(C)CC=O)c3c1OCC3)OCC2. The van der Waals surface area contributed by atoms with E-state index in [1.807, 2.05) is 0 Å². The number of ether oxygens (including phenoxy) is 3. The molecule has 2 aliphatic rings. The third-order valence-electron chi connectivity index (χ3n) is 3.94. The quantitative estimate of drug-likeness (QED) is 0.781. The van der Waals surface area contributed by atoms with Gasteiger partial charge in [-0.05, 0) is 5.92 Å². The molecular formula is C15H18O4. The summed E-state index contributed by atoms with van der Waals surface area (Å²) in [5.41, 5.74) is 3.40. The summed E-state index contributed by atoms with van der Waals surface area (Å²) in [4.78, 5) is 10.8. The van der Waals surface area contributed by atoms with E-state index in [0.717, 1.165) is 53.1 Å². The van der Waals surface area contributed by atoms with Gasteiger partial charge in [-0.3, -0.25) is 0 Å². The molecule has 1 aromatic carbocycles. The zero-order chi connectivity index (χ0) is 13.4. The molecule has 0 N–H and O–H groups in total. The van der Waals surface area contributed by atoms with Crippen LogP contribution < -0.4 is 14.2 Å². The molecule has 2 heterocycles. The van der Waals surface area contributed by atoms with Crippen molar-refractivity contribution in [2.24, 2.45) is 0 Å². The Morgan fingerprint density at radius 3 is 2.58 bits per heavy atom. The molecule has 1 atom stereocenters. The van der Waals surface area contributed by atoms with Gasteiger partial charge in [-0.1, -0.05) is 6.92 Å². The zero-order valence-corrected chi connectivity index (χ0v) is 11.3. The van der Waals surface area contributed by atoms with Gasteiger partial charge in [0.15, 0.2) is 11.5 Å². The van der Waals surface area contributed by atoms with E-state index in [2.05, 4.69) is 6.92 Å². The number of carbonyl (C=O) groups excluding carboxylic acids is 1. The lowest BCUT2D eigenvalue weighted by atomic mass is 9.88. The maximum absolute atomic E-state index is 10.8. The first kappa shape index (κ1) is 12.3. The van der Waals surface area contributed by atoms with Crippen LogP contribution in [0.3, 0.4) is 0 Å². The standard InChI is InChI=1S/C15H18O4/c1-9(3-6-16)12-10-4-7-19-15(10)14(17-2)11-5-8-18-13(11)12/h6,9H,3-5,7-8H2,1-2H3. The van der Waals surface area contributed by atoms with E-state index in [1.54, 1.807) is 7.11 Å². The van der Waals surface area contributed by atoms with Crippen molar-refractivity contribution < 1.29 is 19.0 Å². The van der Waals surface area contributed by atoms with E-state index in [9.17, 15) is 4.79 Å². The second kappa shape index (κ2) is 4.76. The number of methoxy groups -OCH3 is 1. The van der Waals surface area contributed by atoms with Gasteiger partial charge in [0.2, 0.25) is 0 Å². The molecule has 19 heavy (non-hydrogen) atoms. The van der Waals surface area contributed by atoms with Crippen molar-refractivity contribution in [2.45, 2.75) is 32.1 Å². The van der Waals surface area contributed by atoms with Gasteiger partial charge in [-0.15, -0.1) is 0 Å². The first-order chi connectivity index (χ1) is 9.27. The van der Waals surface area contributed by atoms with Crippen LogP contribution in [-0.2, 0) is 17.6 Å². The van der Waals surface area contributed by atoms with Crippen molar-refractivity contribution in [2.75, 3.05) is 20.3 Å². The smallest absolute Gasteiger partial charge is 0.168 e. The Morgan fingerprint density at radius 2 is 1.89 bits per heavy atom. The van der Waals surface area contributed by atoms with Crippen LogP contribution in [-0.4, -0.2) is 26.6 Å².